The molecule has 0 aliphatic carbocycles. The highest BCUT2D eigenvalue weighted by Gasteiger charge is 2.29. The zero-order valence-corrected chi connectivity index (χ0v) is 16.4. The predicted molar refractivity (Wildman–Crippen MR) is 105 cm³/mol. The monoisotopic (exact) mass is 404 g/mol. The highest BCUT2D eigenvalue weighted by atomic mass is 32.2. The molecule has 0 bridgehead atoms. The lowest BCUT2D eigenvalue weighted by Crippen LogP contribution is -2.49. The number of para-hydroxylation sites is 1. The van der Waals surface area contributed by atoms with E-state index in [1.807, 2.05) is 30.3 Å². The van der Waals surface area contributed by atoms with Crippen molar-refractivity contribution in [3.63, 3.8) is 0 Å². The molecular formula is C20H24N2O5S. The third kappa shape index (κ3) is 4.24. The summed E-state index contributed by atoms with van der Waals surface area (Å²) in [6.07, 6.45) is 0. The Balaban J connectivity index is 1.31. The van der Waals surface area contributed by atoms with E-state index in [1.165, 1.54) is 4.31 Å². The second kappa shape index (κ2) is 8.38. The van der Waals surface area contributed by atoms with E-state index in [0.29, 0.717) is 57.5 Å². The molecule has 2 aliphatic heterocycles. The molecule has 2 aromatic rings. The van der Waals surface area contributed by atoms with Gasteiger partial charge >= 0.3 is 0 Å². The Morgan fingerprint density at radius 1 is 0.893 bits per heavy atom. The van der Waals surface area contributed by atoms with E-state index in [2.05, 4.69) is 4.90 Å². The number of rotatable bonds is 6. The largest absolute Gasteiger partial charge is 0.492 e. The standard InChI is InChI=1S/C20H24N2O5S/c23-28(24,18-6-7-19-20(16-18)27-15-14-26-19)22-10-8-21(9-11-22)12-13-25-17-4-2-1-3-5-17/h1-7,16H,8-15H2. The van der Waals surface area contributed by atoms with Crippen LogP contribution in [0.4, 0.5) is 0 Å². The minimum absolute atomic E-state index is 0.248. The summed E-state index contributed by atoms with van der Waals surface area (Å²) in [5.74, 6) is 1.93. The molecule has 0 atom stereocenters. The molecule has 0 radical (unpaired) electrons. The van der Waals surface area contributed by atoms with Gasteiger partial charge in [0.25, 0.3) is 0 Å². The molecule has 0 amide bonds. The lowest BCUT2D eigenvalue weighted by Gasteiger charge is -2.34. The molecule has 0 unspecified atom stereocenters. The summed E-state index contributed by atoms with van der Waals surface area (Å²) in [5, 5.41) is 0. The van der Waals surface area contributed by atoms with Gasteiger partial charge in [0.15, 0.2) is 11.5 Å². The van der Waals surface area contributed by atoms with Crippen LogP contribution in [-0.4, -0.2) is 70.2 Å². The lowest BCUT2D eigenvalue weighted by atomic mass is 10.3. The Morgan fingerprint density at radius 2 is 1.61 bits per heavy atom. The molecule has 2 aliphatic rings. The average Bonchev–Trinajstić information content (AvgIpc) is 2.74. The number of hydrogen-bond donors (Lipinski definition) is 0. The molecule has 0 spiro atoms. The van der Waals surface area contributed by atoms with Gasteiger partial charge in [0, 0.05) is 38.8 Å². The molecule has 1 saturated heterocycles. The number of piperazine rings is 1. The number of fused-ring (bicyclic) bond motifs is 1. The Bertz CT molecular complexity index is 896. The number of hydrogen-bond acceptors (Lipinski definition) is 6. The zero-order chi connectivity index (χ0) is 19.4. The zero-order valence-electron chi connectivity index (χ0n) is 15.6. The van der Waals surface area contributed by atoms with E-state index >= 15 is 0 Å². The average molecular weight is 404 g/mol. The van der Waals surface area contributed by atoms with Gasteiger partial charge in [-0.25, -0.2) is 8.42 Å². The maximum atomic E-state index is 13.0. The smallest absolute Gasteiger partial charge is 0.243 e. The summed E-state index contributed by atoms with van der Waals surface area (Å²) in [6.45, 7) is 4.55. The van der Waals surface area contributed by atoms with Crippen molar-refractivity contribution in [3.8, 4) is 17.2 Å². The summed E-state index contributed by atoms with van der Waals surface area (Å²) >= 11 is 0. The molecule has 0 N–H and O–H groups in total. The molecule has 0 aromatic heterocycles. The van der Waals surface area contributed by atoms with Gasteiger partial charge < -0.3 is 14.2 Å². The predicted octanol–water partition coefficient (Wildman–Crippen LogP) is 1.84. The van der Waals surface area contributed by atoms with E-state index in [4.69, 9.17) is 14.2 Å². The molecule has 1 fully saturated rings. The molecule has 8 heteroatoms. The molecule has 150 valence electrons. The number of sulfonamides is 1. The van der Waals surface area contributed by atoms with Gasteiger partial charge in [0.2, 0.25) is 10.0 Å². The molecule has 7 nitrogen and oxygen atoms in total. The number of ether oxygens (including phenoxy) is 3. The van der Waals surface area contributed by atoms with E-state index in [1.54, 1.807) is 18.2 Å². The highest BCUT2D eigenvalue weighted by molar-refractivity contribution is 7.89. The van der Waals surface area contributed by atoms with E-state index in [-0.39, 0.29) is 4.90 Å². The van der Waals surface area contributed by atoms with Crippen LogP contribution in [0.5, 0.6) is 17.2 Å². The quantitative estimate of drug-likeness (QED) is 0.732. The minimum atomic E-state index is -3.54. The summed E-state index contributed by atoms with van der Waals surface area (Å²) in [4.78, 5) is 2.47. The van der Waals surface area contributed by atoms with Gasteiger partial charge in [-0.1, -0.05) is 18.2 Å². The van der Waals surface area contributed by atoms with Crippen LogP contribution in [0.3, 0.4) is 0 Å². The van der Waals surface area contributed by atoms with E-state index in [9.17, 15) is 8.42 Å². The van der Waals surface area contributed by atoms with E-state index in [0.717, 1.165) is 12.3 Å². The lowest BCUT2D eigenvalue weighted by molar-refractivity contribution is 0.158. The fraction of sp³-hybridized carbons (Fsp3) is 0.400. The highest BCUT2D eigenvalue weighted by Crippen LogP contribution is 2.33. The summed E-state index contributed by atoms with van der Waals surface area (Å²) in [7, 11) is -3.54. The van der Waals surface area contributed by atoms with Crippen molar-refractivity contribution in [2.45, 2.75) is 4.90 Å². The summed E-state index contributed by atoms with van der Waals surface area (Å²) in [5.41, 5.74) is 0. The van der Waals surface area contributed by atoms with Crippen molar-refractivity contribution in [1.29, 1.82) is 0 Å². The van der Waals surface area contributed by atoms with Crippen LogP contribution in [0.1, 0.15) is 0 Å². The first-order valence-electron chi connectivity index (χ1n) is 9.43. The van der Waals surface area contributed by atoms with Crippen molar-refractivity contribution in [3.05, 3.63) is 48.5 Å². The summed E-state index contributed by atoms with van der Waals surface area (Å²) < 4.78 is 44.2. The van der Waals surface area contributed by atoms with Gasteiger partial charge in [-0.2, -0.15) is 4.31 Å². The molecular weight excluding hydrogens is 380 g/mol. The van der Waals surface area contributed by atoms with Gasteiger partial charge in [-0.05, 0) is 24.3 Å². The fourth-order valence-corrected chi connectivity index (χ4v) is 4.77. The number of benzene rings is 2. The second-order valence-corrected chi connectivity index (χ2v) is 8.65. The first-order chi connectivity index (χ1) is 13.6. The van der Waals surface area contributed by atoms with Crippen LogP contribution >= 0.6 is 0 Å². The van der Waals surface area contributed by atoms with Crippen LogP contribution in [0.15, 0.2) is 53.4 Å². The maximum absolute atomic E-state index is 13.0. The number of nitrogens with zero attached hydrogens (tertiary/aromatic N) is 2. The third-order valence-corrected chi connectivity index (χ3v) is 6.80. The Kier molecular flexibility index (Phi) is 5.70. The van der Waals surface area contributed by atoms with Crippen LogP contribution in [0.2, 0.25) is 0 Å². The second-order valence-electron chi connectivity index (χ2n) is 6.71. The van der Waals surface area contributed by atoms with Crippen LogP contribution in [-0.2, 0) is 10.0 Å². The van der Waals surface area contributed by atoms with Crippen LogP contribution < -0.4 is 14.2 Å². The normalized spacial score (nSPS) is 18.0. The van der Waals surface area contributed by atoms with Crippen molar-refractivity contribution in [2.75, 3.05) is 52.5 Å². The Labute approximate surface area is 165 Å². The third-order valence-electron chi connectivity index (χ3n) is 4.90. The van der Waals surface area contributed by atoms with Gasteiger partial charge in [-0.15, -0.1) is 0 Å². The maximum Gasteiger partial charge on any atom is 0.243 e. The van der Waals surface area contributed by atoms with Crippen molar-refractivity contribution < 1.29 is 22.6 Å². The van der Waals surface area contributed by atoms with Crippen molar-refractivity contribution in [2.24, 2.45) is 0 Å². The van der Waals surface area contributed by atoms with Crippen molar-refractivity contribution >= 4 is 10.0 Å². The van der Waals surface area contributed by atoms with Crippen LogP contribution in [0, 0.1) is 0 Å². The fourth-order valence-electron chi connectivity index (χ4n) is 3.34. The van der Waals surface area contributed by atoms with Gasteiger partial charge in [-0.3, -0.25) is 4.90 Å². The van der Waals surface area contributed by atoms with Crippen molar-refractivity contribution in [1.82, 2.24) is 9.21 Å². The van der Waals surface area contributed by atoms with Gasteiger partial charge in [0.1, 0.15) is 25.6 Å². The first-order valence-corrected chi connectivity index (χ1v) is 10.9. The SMILES string of the molecule is O=S(=O)(c1ccc2c(c1)OCCO2)N1CCN(CCOc2ccccc2)CC1. The molecule has 0 saturated carbocycles. The topological polar surface area (TPSA) is 68.3 Å². The molecule has 2 aromatic carbocycles. The first kappa shape index (κ1) is 19.0. The molecule has 4 rings (SSSR count). The Morgan fingerprint density at radius 3 is 2.36 bits per heavy atom. The molecule has 2 heterocycles. The van der Waals surface area contributed by atoms with E-state index < -0.39 is 10.0 Å². The minimum Gasteiger partial charge on any atom is -0.492 e. The van der Waals surface area contributed by atoms with Gasteiger partial charge in [0.05, 0.1) is 4.90 Å². The summed E-state index contributed by atoms with van der Waals surface area (Å²) in [6, 6.07) is 14.5. The Hall–Kier alpha value is -2.29. The molecule has 28 heavy (non-hydrogen) atoms. The van der Waals surface area contributed by atoms with Crippen LogP contribution in [0.25, 0.3) is 0 Å².